The monoisotopic (exact) mass is 184 g/mol. The molecule has 0 saturated carbocycles. The molecule has 0 radical (unpaired) electrons. The van der Waals surface area contributed by atoms with E-state index in [4.69, 9.17) is 11.6 Å². The molecule has 12 heavy (non-hydrogen) atoms. The largest absolute Gasteiger partial charge is 0.242 e. The Kier molecular flexibility index (Phi) is 2.05. The van der Waals surface area contributed by atoms with Crippen molar-refractivity contribution in [2.24, 2.45) is 0 Å². The van der Waals surface area contributed by atoms with Crippen LogP contribution in [0.3, 0.4) is 0 Å². The van der Waals surface area contributed by atoms with Gasteiger partial charge in [0, 0.05) is 10.6 Å². The quantitative estimate of drug-likeness (QED) is 0.577. The molecule has 1 atom stereocenters. The van der Waals surface area contributed by atoms with Crippen molar-refractivity contribution in [2.75, 3.05) is 0 Å². The van der Waals surface area contributed by atoms with Crippen molar-refractivity contribution in [1.29, 1.82) is 0 Å². The van der Waals surface area contributed by atoms with Crippen molar-refractivity contribution in [2.45, 2.75) is 25.4 Å². The summed E-state index contributed by atoms with van der Waals surface area (Å²) in [6, 6.07) is 5.62. The van der Waals surface area contributed by atoms with Crippen LogP contribution in [0.4, 0.5) is 4.39 Å². The molecule has 1 aliphatic carbocycles. The molecule has 0 saturated heterocycles. The predicted molar refractivity (Wildman–Crippen MR) is 48.2 cm³/mol. The third kappa shape index (κ3) is 1.22. The maximum atomic E-state index is 13.4. The number of hydrogen-bond acceptors (Lipinski definition) is 0. The molecule has 64 valence electrons. The number of halogens is 2. The first-order chi connectivity index (χ1) is 5.79. The Labute approximate surface area is 76.4 Å². The van der Waals surface area contributed by atoms with E-state index in [0.717, 1.165) is 24.0 Å². The van der Waals surface area contributed by atoms with Gasteiger partial charge < -0.3 is 0 Å². The Morgan fingerprint density at radius 3 is 3.00 bits per heavy atom. The summed E-state index contributed by atoms with van der Waals surface area (Å²) in [7, 11) is 0. The normalized spacial score (nSPS) is 22.0. The van der Waals surface area contributed by atoms with E-state index in [1.54, 1.807) is 6.07 Å². The predicted octanol–water partition coefficient (Wildman–Crippen LogP) is 3.69. The van der Waals surface area contributed by atoms with Crippen molar-refractivity contribution >= 4 is 11.6 Å². The SMILES string of the molecule is FC1CCCc2cccc(Cl)c21. The summed E-state index contributed by atoms with van der Waals surface area (Å²) in [4.78, 5) is 0. The van der Waals surface area contributed by atoms with Gasteiger partial charge in [0.2, 0.25) is 0 Å². The first-order valence-electron chi connectivity index (χ1n) is 4.20. The van der Waals surface area contributed by atoms with Gasteiger partial charge in [-0.05, 0) is 30.9 Å². The molecule has 0 nitrogen and oxygen atoms in total. The smallest absolute Gasteiger partial charge is 0.127 e. The maximum Gasteiger partial charge on any atom is 0.127 e. The fourth-order valence-corrected chi connectivity index (χ4v) is 2.08. The lowest BCUT2D eigenvalue weighted by Crippen LogP contribution is -2.06. The number of hydrogen-bond donors (Lipinski definition) is 0. The van der Waals surface area contributed by atoms with Crippen LogP contribution in [0, 0.1) is 0 Å². The van der Waals surface area contributed by atoms with Crippen molar-refractivity contribution in [3.8, 4) is 0 Å². The molecule has 1 unspecified atom stereocenters. The number of benzene rings is 1. The van der Waals surface area contributed by atoms with E-state index in [2.05, 4.69) is 0 Å². The summed E-state index contributed by atoms with van der Waals surface area (Å²) < 4.78 is 13.4. The third-order valence-electron chi connectivity index (χ3n) is 2.36. The Hall–Kier alpha value is -0.560. The van der Waals surface area contributed by atoms with Gasteiger partial charge in [-0.25, -0.2) is 4.39 Å². The zero-order chi connectivity index (χ0) is 8.55. The van der Waals surface area contributed by atoms with E-state index in [0.29, 0.717) is 11.4 Å². The summed E-state index contributed by atoms with van der Waals surface area (Å²) >= 11 is 5.90. The minimum Gasteiger partial charge on any atom is -0.242 e. The third-order valence-corrected chi connectivity index (χ3v) is 2.69. The van der Waals surface area contributed by atoms with Crippen molar-refractivity contribution in [3.05, 3.63) is 34.3 Å². The average molecular weight is 185 g/mol. The molecular weight excluding hydrogens is 175 g/mol. The fourth-order valence-electron chi connectivity index (χ4n) is 1.77. The highest BCUT2D eigenvalue weighted by Crippen LogP contribution is 2.36. The molecule has 0 heterocycles. The summed E-state index contributed by atoms with van der Waals surface area (Å²) in [6.45, 7) is 0. The highest BCUT2D eigenvalue weighted by Gasteiger charge is 2.21. The minimum atomic E-state index is -0.845. The van der Waals surface area contributed by atoms with E-state index in [9.17, 15) is 4.39 Å². The van der Waals surface area contributed by atoms with E-state index in [-0.39, 0.29) is 0 Å². The molecule has 2 rings (SSSR count). The molecule has 0 N–H and O–H groups in total. The van der Waals surface area contributed by atoms with E-state index in [1.165, 1.54) is 0 Å². The number of fused-ring (bicyclic) bond motifs is 1. The van der Waals surface area contributed by atoms with Crippen LogP contribution in [-0.4, -0.2) is 0 Å². The first kappa shape index (κ1) is 8.06. The van der Waals surface area contributed by atoms with Gasteiger partial charge in [0.15, 0.2) is 0 Å². The van der Waals surface area contributed by atoms with Crippen LogP contribution < -0.4 is 0 Å². The molecule has 1 aliphatic rings. The van der Waals surface area contributed by atoms with Gasteiger partial charge in [-0.1, -0.05) is 23.7 Å². The van der Waals surface area contributed by atoms with Crippen LogP contribution in [0.5, 0.6) is 0 Å². The summed E-state index contributed by atoms with van der Waals surface area (Å²) in [5.74, 6) is 0. The highest BCUT2D eigenvalue weighted by molar-refractivity contribution is 6.31. The number of aryl methyl sites for hydroxylation is 1. The van der Waals surface area contributed by atoms with Crippen molar-refractivity contribution in [3.63, 3.8) is 0 Å². The zero-order valence-electron chi connectivity index (χ0n) is 6.69. The topological polar surface area (TPSA) is 0 Å². The lowest BCUT2D eigenvalue weighted by molar-refractivity contribution is 0.302. The van der Waals surface area contributed by atoms with E-state index >= 15 is 0 Å². The lowest BCUT2D eigenvalue weighted by atomic mass is 9.90. The molecule has 1 aromatic carbocycles. The van der Waals surface area contributed by atoms with Gasteiger partial charge in [-0.15, -0.1) is 0 Å². The average Bonchev–Trinajstić information content (AvgIpc) is 2.04. The molecule has 1 aromatic rings. The molecule has 0 fully saturated rings. The van der Waals surface area contributed by atoms with Crippen molar-refractivity contribution in [1.82, 2.24) is 0 Å². The maximum absolute atomic E-state index is 13.4. The van der Waals surface area contributed by atoms with Crippen LogP contribution in [0.25, 0.3) is 0 Å². The molecule has 2 heteroatoms. The van der Waals surface area contributed by atoms with Crippen LogP contribution in [0.15, 0.2) is 18.2 Å². The Bertz CT molecular complexity index is 296. The Morgan fingerprint density at radius 1 is 1.42 bits per heavy atom. The van der Waals surface area contributed by atoms with Gasteiger partial charge in [0.05, 0.1) is 0 Å². The molecule has 0 spiro atoms. The van der Waals surface area contributed by atoms with Gasteiger partial charge in [0.25, 0.3) is 0 Å². The standard InChI is InChI=1S/C10H10ClF/c11-8-5-1-3-7-4-2-6-9(12)10(7)8/h1,3,5,9H,2,4,6H2. The number of alkyl halides is 1. The summed E-state index contributed by atoms with van der Waals surface area (Å²) in [5, 5.41) is 0.583. The minimum absolute atomic E-state index is 0.583. The van der Waals surface area contributed by atoms with Gasteiger partial charge in [0.1, 0.15) is 6.17 Å². The molecule has 0 aromatic heterocycles. The molecule has 0 amide bonds. The van der Waals surface area contributed by atoms with Gasteiger partial charge in [-0.3, -0.25) is 0 Å². The summed E-state index contributed by atoms with van der Waals surface area (Å²) in [5.41, 5.74) is 1.81. The molecular formula is C10H10ClF. The zero-order valence-corrected chi connectivity index (χ0v) is 7.44. The van der Waals surface area contributed by atoms with Crippen molar-refractivity contribution < 1.29 is 4.39 Å². The Balaban J connectivity index is 2.53. The fraction of sp³-hybridized carbons (Fsp3) is 0.400. The van der Waals surface area contributed by atoms with Crippen LogP contribution in [-0.2, 0) is 6.42 Å². The first-order valence-corrected chi connectivity index (χ1v) is 4.58. The van der Waals surface area contributed by atoms with Gasteiger partial charge >= 0.3 is 0 Å². The van der Waals surface area contributed by atoms with Crippen LogP contribution >= 0.6 is 11.6 Å². The molecule has 0 aliphatic heterocycles. The lowest BCUT2D eigenvalue weighted by Gasteiger charge is -2.20. The van der Waals surface area contributed by atoms with E-state index in [1.807, 2.05) is 12.1 Å². The second kappa shape index (κ2) is 3.06. The second-order valence-electron chi connectivity index (χ2n) is 3.17. The summed E-state index contributed by atoms with van der Waals surface area (Å²) in [6.07, 6.45) is 1.68. The van der Waals surface area contributed by atoms with Crippen LogP contribution in [0.1, 0.15) is 30.1 Å². The van der Waals surface area contributed by atoms with Crippen LogP contribution in [0.2, 0.25) is 5.02 Å². The highest BCUT2D eigenvalue weighted by atomic mass is 35.5. The molecule has 0 bridgehead atoms. The second-order valence-corrected chi connectivity index (χ2v) is 3.58. The van der Waals surface area contributed by atoms with Gasteiger partial charge in [-0.2, -0.15) is 0 Å². The number of rotatable bonds is 0. The van der Waals surface area contributed by atoms with E-state index < -0.39 is 6.17 Å². The Morgan fingerprint density at radius 2 is 2.25 bits per heavy atom.